The summed E-state index contributed by atoms with van der Waals surface area (Å²) in [5.41, 5.74) is 3.09. The summed E-state index contributed by atoms with van der Waals surface area (Å²) in [6, 6.07) is 20.3. The molecule has 1 atom stereocenters. The van der Waals surface area contributed by atoms with Gasteiger partial charge in [0.1, 0.15) is 11.5 Å². The van der Waals surface area contributed by atoms with Crippen molar-refractivity contribution in [3.8, 4) is 11.5 Å². The van der Waals surface area contributed by atoms with E-state index in [-0.39, 0.29) is 17.6 Å². The molecular weight excluding hydrogens is 460 g/mol. The van der Waals surface area contributed by atoms with Gasteiger partial charge in [-0.1, -0.05) is 41.9 Å². The first-order valence-electron chi connectivity index (χ1n) is 10.3. The topological polar surface area (TPSA) is 59.1 Å². The smallest absolute Gasteiger partial charge is 0.269 e. The second-order valence-electron chi connectivity index (χ2n) is 7.77. The van der Waals surface area contributed by atoms with Crippen LogP contribution in [0.15, 0.2) is 66.7 Å². The van der Waals surface area contributed by atoms with Crippen LogP contribution in [-0.2, 0) is 21.0 Å². The first-order chi connectivity index (χ1) is 16.0. The van der Waals surface area contributed by atoms with Gasteiger partial charge in [0.2, 0.25) is 10.8 Å². The molecular formula is C25H21ClN2O4S. The number of hydrogen-bond acceptors (Lipinski definition) is 5. The normalized spacial score (nSPS) is 19.4. The molecule has 33 heavy (non-hydrogen) atoms. The summed E-state index contributed by atoms with van der Waals surface area (Å²) < 4.78 is 10.8. The summed E-state index contributed by atoms with van der Waals surface area (Å²) in [5.74, 6) is 0.971. The molecule has 2 amide bonds. The minimum absolute atomic E-state index is 0.146. The largest absolute Gasteiger partial charge is 0.497 e. The predicted octanol–water partition coefficient (Wildman–Crippen LogP) is 4.84. The molecule has 0 saturated carbocycles. The molecule has 1 saturated heterocycles. The number of amides is 2. The number of anilines is 2. The molecule has 5 rings (SSSR count). The monoisotopic (exact) mass is 480 g/mol. The van der Waals surface area contributed by atoms with Gasteiger partial charge in [-0.15, -0.1) is 11.8 Å². The Hall–Kier alpha value is -3.16. The van der Waals surface area contributed by atoms with Gasteiger partial charge in [0.15, 0.2) is 0 Å². The Bertz CT molecular complexity index is 1230. The molecule has 0 radical (unpaired) electrons. The van der Waals surface area contributed by atoms with Crippen LogP contribution in [-0.4, -0.2) is 31.8 Å². The number of ether oxygens (including phenoxy) is 2. The number of para-hydroxylation sites is 1. The van der Waals surface area contributed by atoms with Crippen molar-refractivity contribution in [2.45, 2.75) is 11.4 Å². The van der Waals surface area contributed by atoms with Crippen LogP contribution >= 0.6 is 23.4 Å². The van der Waals surface area contributed by atoms with E-state index in [2.05, 4.69) is 0 Å². The molecule has 6 nitrogen and oxygen atoms in total. The van der Waals surface area contributed by atoms with E-state index in [1.807, 2.05) is 48.5 Å². The van der Waals surface area contributed by atoms with Crippen LogP contribution in [0, 0.1) is 0 Å². The van der Waals surface area contributed by atoms with Crippen LogP contribution in [0.1, 0.15) is 11.1 Å². The molecule has 0 bridgehead atoms. The SMILES string of the molecule is COc1cc(OC)cc(N2C(=O)CSC23C(=O)N(Cc2ccc(Cl)cc2)c2ccccc23)c1. The van der Waals surface area contributed by atoms with Crippen LogP contribution in [0.4, 0.5) is 11.4 Å². The number of methoxy groups -OCH3 is 2. The third-order valence-corrected chi connectivity index (χ3v) is 7.55. The maximum atomic E-state index is 14.1. The molecule has 2 aliphatic heterocycles. The van der Waals surface area contributed by atoms with Crippen molar-refractivity contribution in [1.82, 2.24) is 0 Å². The highest BCUT2D eigenvalue weighted by Crippen LogP contribution is 2.56. The second kappa shape index (κ2) is 8.32. The van der Waals surface area contributed by atoms with Crippen LogP contribution < -0.4 is 19.3 Å². The lowest BCUT2D eigenvalue weighted by molar-refractivity contribution is -0.123. The Labute approximate surface area is 201 Å². The number of rotatable bonds is 5. The number of nitrogens with zero attached hydrogens (tertiary/aromatic N) is 2. The lowest BCUT2D eigenvalue weighted by atomic mass is 10.0. The Morgan fingerprint density at radius 3 is 2.30 bits per heavy atom. The number of halogens is 1. The van der Waals surface area contributed by atoms with Gasteiger partial charge >= 0.3 is 0 Å². The zero-order chi connectivity index (χ0) is 23.2. The van der Waals surface area contributed by atoms with Crippen molar-refractivity contribution >= 4 is 46.6 Å². The molecule has 3 aromatic rings. The average molecular weight is 481 g/mol. The highest BCUT2D eigenvalue weighted by Gasteiger charge is 2.61. The van der Waals surface area contributed by atoms with Crippen molar-refractivity contribution in [3.63, 3.8) is 0 Å². The second-order valence-corrected chi connectivity index (χ2v) is 9.37. The third kappa shape index (κ3) is 3.43. The molecule has 168 valence electrons. The van der Waals surface area contributed by atoms with Gasteiger partial charge in [-0.25, -0.2) is 0 Å². The van der Waals surface area contributed by atoms with Crippen molar-refractivity contribution in [2.24, 2.45) is 0 Å². The molecule has 0 aliphatic carbocycles. The zero-order valence-corrected chi connectivity index (χ0v) is 19.7. The van der Waals surface area contributed by atoms with Gasteiger partial charge in [0.25, 0.3) is 5.91 Å². The van der Waals surface area contributed by atoms with Crippen molar-refractivity contribution < 1.29 is 19.1 Å². The van der Waals surface area contributed by atoms with E-state index in [4.69, 9.17) is 21.1 Å². The summed E-state index contributed by atoms with van der Waals surface area (Å²) in [5, 5.41) is 0.637. The van der Waals surface area contributed by atoms with Gasteiger partial charge in [0, 0.05) is 28.8 Å². The molecule has 1 fully saturated rings. The van der Waals surface area contributed by atoms with E-state index in [0.717, 1.165) is 16.8 Å². The van der Waals surface area contributed by atoms with Gasteiger partial charge in [-0.2, -0.15) is 0 Å². The van der Waals surface area contributed by atoms with Crippen LogP contribution in [0.5, 0.6) is 11.5 Å². The quantitative estimate of drug-likeness (QED) is 0.523. The minimum atomic E-state index is -1.20. The van der Waals surface area contributed by atoms with Crippen LogP contribution in [0.2, 0.25) is 5.02 Å². The molecule has 2 heterocycles. The number of fused-ring (bicyclic) bond motifs is 2. The summed E-state index contributed by atoms with van der Waals surface area (Å²) in [6.07, 6.45) is 0. The number of carbonyl (C=O) groups excluding carboxylic acids is 2. The highest BCUT2D eigenvalue weighted by molar-refractivity contribution is 8.02. The summed E-state index contributed by atoms with van der Waals surface area (Å²) >= 11 is 7.38. The molecule has 1 unspecified atom stereocenters. The summed E-state index contributed by atoms with van der Waals surface area (Å²) in [4.78, 5) is 29.5. The number of thioether (sulfide) groups is 1. The Kier molecular flexibility index (Phi) is 5.46. The van der Waals surface area contributed by atoms with Gasteiger partial charge in [-0.05, 0) is 23.8 Å². The lowest BCUT2D eigenvalue weighted by Crippen LogP contribution is -2.49. The summed E-state index contributed by atoms with van der Waals surface area (Å²) in [6.45, 7) is 0.374. The number of benzene rings is 3. The van der Waals surface area contributed by atoms with E-state index in [1.54, 1.807) is 42.2 Å². The first-order valence-corrected chi connectivity index (χ1v) is 11.7. The van der Waals surface area contributed by atoms with Gasteiger partial charge in [-0.3, -0.25) is 14.5 Å². The van der Waals surface area contributed by atoms with Crippen molar-refractivity contribution in [1.29, 1.82) is 0 Å². The van der Waals surface area contributed by atoms with E-state index < -0.39 is 4.87 Å². The molecule has 8 heteroatoms. The Morgan fingerprint density at radius 1 is 0.970 bits per heavy atom. The lowest BCUT2D eigenvalue weighted by Gasteiger charge is -2.33. The standard InChI is InChI=1S/C25H21ClN2O4S/c1-31-19-11-18(12-20(13-19)32-2)28-23(29)15-33-25(28)21-5-3-4-6-22(21)27(24(25)30)14-16-7-9-17(26)10-8-16/h3-13H,14-15H2,1-2H3. The fraction of sp³-hybridized carbons (Fsp3) is 0.200. The minimum Gasteiger partial charge on any atom is -0.497 e. The molecule has 3 aromatic carbocycles. The van der Waals surface area contributed by atoms with E-state index >= 15 is 0 Å². The fourth-order valence-electron chi connectivity index (χ4n) is 4.41. The van der Waals surface area contributed by atoms with Gasteiger partial charge < -0.3 is 14.4 Å². The predicted molar refractivity (Wildman–Crippen MR) is 130 cm³/mol. The maximum absolute atomic E-state index is 14.1. The van der Waals surface area contributed by atoms with E-state index in [1.165, 1.54) is 11.8 Å². The summed E-state index contributed by atoms with van der Waals surface area (Å²) in [7, 11) is 3.11. The Balaban J connectivity index is 1.64. The van der Waals surface area contributed by atoms with Gasteiger partial charge in [0.05, 0.1) is 37.9 Å². The molecule has 0 aromatic heterocycles. The first kappa shape index (κ1) is 21.7. The Morgan fingerprint density at radius 2 is 1.64 bits per heavy atom. The molecule has 2 aliphatic rings. The van der Waals surface area contributed by atoms with E-state index in [0.29, 0.717) is 28.8 Å². The van der Waals surface area contributed by atoms with Crippen LogP contribution in [0.25, 0.3) is 0 Å². The average Bonchev–Trinajstić information content (AvgIpc) is 3.31. The third-order valence-electron chi connectivity index (χ3n) is 5.91. The van der Waals surface area contributed by atoms with Crippen molar-refractivity contribution in [2.75, 3.05) is 29.8 Å². The number of hydrogen-bond donors (Lipinski definition) is 0. The fourth-order valence-corrected chi connectivity index (χ4v) is 5.89. The number of carbonyl (C=O) groups is 2. The highest BCUT2D eigenvalue weighted by atomic mass is 35.5. The maximum Gasteiger partial charge on any atom is 0.269 e. The van der Waals surface area contributed by atoms with Crippen molar-refractivity contribution in [3.05, 3.63) is 82.9 Å². The van der Waals surface area contributed by atoms with Crippen LogP contribution in [0.3, 0.4) is 0 Å². The zero-order valence-electron chi connectivity index (χ0n) is 18.1. The van der Waals surface area contributed by atoms with E-state index in [9.17, 15) is 9.59 Å². The molecule has 0 N–H and O–H groups in total. The molecule has 1 spiro atoms.